The zero-order valence-corrected chi connectivity index (χ0v) is 5.55. The first-order chi connectivity index (χ1) is 4.43. The van der Waals surface area contributed by atoms with Crippen molar-refractivity contribution in [3.05, 3.63) is 0 Å². The molecule has 3 heteroatoms. The molecule has 0 aromatic rings. The second-order valence-corrected chi connectivity index (χ2v) is 2.44. The van der Waals surface area contributed by atoms with Crippen LogP contribution >= 0.6 is 0 Å². The largest absolute Gasteiger partial charge is 0.396 e. The van der Waals surface area contributed by atoms with E-state index < -0.39 is 0 Å². The van der Waals surface area contributed by atoms with E-state index in [4.69, 9.17) is 9.84 Å². The molecule has 1 aliphatic rings. The number of ether oxygens (including phenoxy) is 1. The molecule has 1 saturated heterocycles. The van der Waals surface area contributed by atoms with Crippen LogP contribution in [0.4, 0.5) is 0 Å². The standard InChI is InChI=1S/C6H13NO2/c8-4-6-3-7-1-2-9-5-6/h6-8H,1-5H2/p+1. The molecule has 0 aliphatic carbocycles. The highest BCUT2D eigenvalue weighted by Gasteiger charge is 2.12. The summed E-state index contributed by atoms with van der Waals surface area (Å²) in [4.78, 5) is 0. The van der Waals surface area contributed by atoms with E-state index in [1.807, 2.05) is 0 Å². The topological polar surface area (TPSA) is 46.1 Å². The van der Waals surface area contributed by atoms with Crippen LogP contribution in [-0.4, -0.2) is 38.0 Å². The number of aliphatic hydroxyl groups is 1. The minimum absolute atomic E-state index is 0.260. The zero-order valence-electron chi connectivity index (χ0n) is 5.55. The van der Waals surface area contributed by atoms with Gasteiger partial charge in [-0.05, 0) is 0 Å². The molecule has 0 spiro atoms. The molecule has 0 aromatic heterocycles. The quantitative estimate of drug-likeness (QED) is 0.441. The number of aliphatic hydroxyl groups excluding tert-OH is 1. The molecule has 9 heavy (non-hydrogen) atoms. The van der Waals surface area contributed by atoms with Gasteiger partial charge in [0.15, 0.2) is 0 Å². The van der Waals surface area contributed by atoms with E-state index in [0.717, 1.165) is 26.3 Å². The zero-order chi connectivity index (χ0) is 6.53. The molecule has 0 amide bonds. The van der Waals surface area contributed by atoms with E-state index in [9.17, 15) is 0 Å². The van der Waals surface area contributed by atoms with Gasteiger partial charge in [-0.15, -0.1) is 0 Å². The lowest BCUT2D eigenvalue weighted by Crippen LogP contribution is -2.86. The minimum Gasteiger partial charge on any atom is -0.396 e. The van der Waals surface area contributed by atoms with Crippen LogP contribution in [0.1, 0.15) is 0 Å². The summed E-state index contributed by atoms with van der Waals surface area (Å²) in [6.45, 7) is 3.87. The monoisotopic (exact) mass is 132 g/mol. The summed E-state index contributed by atoms with van der Waals surface area (Å²) in [6, 6.07) is 0. The Bertz CT molecular complexity index is 69.5. The highest BCUT2D eigenvalue weighted by molar-refractivity contribution is 4.53. The Balaban J connectivity index is 2.18. The molecule has 1 heterocycles. The van der Waals surface area contributed by atoms with Gasteiger partial charge in [-0.2, -0.15) is 0 Å². The smallest absolute Gasteiger partial charge is 0.0993 e. The third kappa shape index (κ3) is 2.30. The summed E-state index contributed by atoms with van der Waals surface area (Å²) < 4.78 is 5.21. The molecule has 1 rings (SSSR count). The van der Waals surface area contributed by atoms with Crippen molar-refractivity contribution in [3.8, 4) is 0 Å². The van der Waals surface area contributed by atoms with Crippen molar-refractivity contribution in [3.63, 3.8) is 0 Å². The average molecular weight is 132 g/mol. The SMILES string of the molecule is OCC1C[NH2+]CCOC1. The normalized spacial score (nSPS) is 29.7. The van der Waals surface area contributed by atoms with Gasteiger partial charge in [0, 0.05) is 0 Å². The summed E-state index contributed by atoms with van der Waals surface area (Å²) in [7, 11) is 0. The molecule has 0 aromatic carbocycles. The highest BCUT2D eigenvalue weighted by Crippen LogP contribution is 1.93. The molecule has 1 aliphatic heterocycles. The minimum atomic E-state index is 0.260. The summed E-state index contributed by atoms with van der Waals surface area (Å²) in [5, 5.41) is 10.9. The van der Waals surface area contributed by atoms with Gasteiger partial charge in [0.1, 0.15) is 0 Å². The Kier molecular flexibility index (Phi) is 2.97. The first-order valence-electron chi connectivity index (χ1n) is 3.43. The molecule has 1 atom stereocenters. The van der Waals surface area contributed by atoms with Crippen molar-refractivity contribution >= 4 is 0 Å². The molecule has 0 saturated carbocycles. The Hall–Kier alpha value is -0.120. The van der Waals surface area contributed by atoms with Crippen molar-refractivity contribution in [1.82, 2.24) is 0 Å². The molecular weight excluding hydrogens is 118 g/mol. The van der Waals surface area contributed by atoms with Crippen LogP contribution in [-0.2, 0) is 4.74 Å². The molecule has 1 unspecified atom stereocenters. The Morgan fingerprint density at radius 1 is 1.67 bits per heavy atom. The third-order valence-corrected chi connectivity index (χ3v) is 1.58. The predicted molar refractivity (Wildman–Crippen MR) is 33.1 cm³/mol. The molecule has 0 radical (unpaired) electrons. The third-order valence-electron chi connectivity index (χ3n) is 1.58. The number of hydrogen-bond acceptors (Lipinski definition) is 2. The molecule has 3 nitrogen and oxygen atoms in total. The van der Waals surface area contributed by atoms with Crippen LogP contribution in [0.15, 0.2) is 0 Å². The fourth-order valence-corrected chi connectivity index (χ4v) is 0.966. The lowest BCUT2D eigenvalue weighted by molar-refractivity contribution is -0.657. The molecule has 0 bridgehead atoms. The van der Waals surface area contributed by atoms with Gasteiger partial charge >= 0.3 is 0 Å². The van der Waals surface area contributed by atoms with E-state index in [0.29, 0.717) is 5.92 Å². The summed E-state index contributed by atoms with van der Waals surface area (Å²) in [6.07, 6.45) is 0. The second kappa shape index (κ2) is 3.82. The number of hydrogen-bond donors (Lipinski definition) is 2. The lowest BCUT2D eigenvalue weighted by atomic mass is 10.2. The molecule has 54 valence electrons. The van der Waals surface area contributed by atoms with Crippen LogP contribution in [0, 0.1) is 5.92 Å². The van der Waals surface area contributed by atoms with Crippen molar-refractivity contribution in [2.45, 2.75) is 0 Å². The van der Waals surface area contributed by atoms with E-state index in [2.05, 4.69) is 5.32 Å². The Morgan fingerprint density at radius 3 is 3.33 bits per heavy atom. The van der Waals surface area contributed by atoms with Crippen LogP contribution in [0.25, 0.3) is 0 Å². The fraction of sp³-hybridized carbons (Fsp3) is 1.00. The van der Waals surface area contributed by atoms with Crippen LogP contribution < -0.4 is 5.32 Å². The predicted octanol–water partition coefficient (Wildman–Crippen LogP) is -1.81. The van der Waals surface area contributed by atoms with Gasteiger partial charge in [0.25, 0.3) is 0 Å². The number of quaternary nitrogens is 1. The van der Waals surface area contributed by atoms with Crippen LogP contribution in [0.2, 0.25) is 0 Å². The van der Waals surface area contributed by atoms with Crippen molar-refractivity contribution in [2.24, 2.45) is 5.92 Å². The van der Waals surface area contributed by atoms with Crippen LogP contribution in [0.3, 0.4) is 0 Å². The average Bonchev–Trinajstić information content (AvgIpc) is 2.13. The second-order valence-electron chi connectivity index (χ2n) is 2.44. The first-order valence-corrected chi connectivity index (χ1v) is 3.43. The highest BCUT2D eigenvalue weighted by atomic mass is 16.5. The maximum absolute atomic E-state index is 8.72. The molecule has 1 fully saturated rings. The number of rotatable bonds is 1. The van der Waals surface area contributed by atoms with Gasteiger partial charge in [-0.25, -0.2) is 0 Å². The van der Waals surface area contributed by atoms with E-state index in [-0.39, 0.29) is 6.61 Å². The molecule has 3 N–H and O–H groups in total. The van der Waals surface area contributed by atoms with Crippen molar-refractivity contribution in [2.75, 3.05) is 32.9 Å². The lowest BCUT2D eigenvalue weighted by Gasteiger charge is -2.05. The maximum Gasteiger partial charge on any atom is 0.0993 e. The molecular formula is C6H14NO2+. The van der Waals surface area contributed by atoms with Crippen molar-refractivity contribution < 1.29 is 15.2 Å². The first kappa shape index (κ1) is 6.99. The van der Waals surface area contributed by atoms with Gasteiger partial charge in [0.2, 0.25) is 0 Å². The number of nitrogens with two attached hydrogens (primary N) is 1. The van der Waals surface area contributed by atoms with Gasteiger partial charge < -0.3 is 15.2 Å². The fourth-order valence-electron chi connectivity index (χ4n) is 0.966. The summed E-state index contributed by atoms with van der Waals surface area (Å²) in [5.74, 6) is 0.354. The van der Waals surface area contributed by atoms with Crippen LogP contribution in [0.5, 0.6) is 0 Å². The summed E-state index contributed by atoms with van der Waals surface area (Å²) in [5.41, 5.74) is 0. The van der Waals surface area contributed by atoms with Crippen molar-refractivity contribution in [1.29, 1.82) is 0 Å². The van der Waals surface area contributed by atoms with Gasteiger partial charge in [-0.3, -0.25) is 0 Å². The Morgan fingerprint density at radius 2 is 2.56 bits per heavy atom. The Labute approximate surface area is 55.0 Å². The van der Waals surface area contributed by atoms with E-state index in [1.54, 1.807) is 0 Å². The van der Waals surface area contributed by atoms with E-state index >= 15 is 0 Å². The maximum atomic E-state index is 8.72. The van der Waals surface area contributed by atoms with E-state index in [1.165, 1.54) is 0 Å². The van der Waals surface area contributed by atoms with Gasteiger partial charge in [0.05, 0.1) is 38.8 Å². The summed E-state index contributed by atoms with van der Waals surface area (Å²) >= 11 is 0. The van der Waals surface area contributed by atoms with Gasteiger partial charge in [-0.1, -0.05) is 0 Å².